The summed E-state index contributed by atoms with van der Waals surface area (Å²) in [6.45, 7) is 5.56. The van der Waals surface area contributed by atoms with E-state index in [-0.39, 0.29) is 0 Å². The molecule has 0 aliphatic carbocycles. The van der Waals surface area contributed by atoms with Crippen molar-refractivity contribution in [2.75, 3.05) is 11.4 Å². The van der Waals surface area contributed by atoms with Gasteiger partial charge in [0.2, 0.25) is 0 Å². The Labute approximate surface area is 111 Å². The van der Waals surface area contributed by atoms with Crippen LogP contribution in [0.2, 0.25) is 0 Å². The van der Waals surface area contributed by atoms with Gasteiger partial charge in [0.15, 0.2) is 6.29 Å². The molecule has 1 saturated heterocycles. The number of nitrogens with zero attached hydrogens (tertiary/aromatic N) is 1. The molecular formula is C14H18BrNO. The monoisotopic (exact) mass is 295 g/mol. The summed E-state index contributed by atoms with van der Waals surface area (Å²) < 4.78 is 1.03. The minimum Gasteiger partial charge on any atom is -0.368 e. The van der Waals surface area contributed by atoms with E-state index >= 15 is 0 Å². The van der Waals surface area contributed by atoms with E-state index in [1.54, 1.807) is 0 Å². The third kappa shape index (κ3) is 2.54. The number of aldehydes is 1. The van der Waals surface area contributed by atoms with Gasteiger partial charge in [0, 0.05) is 28.3 Å². The average molecular weight is 296 g/mol. The van der Waals surface area contributed by atoms with Crippen LogP contribution in [0.3, 0.4) is 0 Å². The lowest BCUT2D eigenvalue weighted by atomic mass is 10.0. The van der Waals surface area contributed by atoms with Gasteiger partial charge in [-0.1, -0.05) is 29.8 Å². The molecule has 92 valence electrons. The first kappa shape index (κ1) is 12.6. The Morgan fingerprint density at radius 1 is 1.47 bits per heavy atom. The molecule has 1 aliphatic heterocycles. The maximum absolute atomic E-state index is 11.1. The Hall–Kier alpha value is -0.830. The van der Waals surface area contributed by atoms with E-state index in [0.29, 0.717) is 12.0 Å². The number of carbonyl (C=O) groups excluding carboxylic acids is 1. The van der Waals surface area contributed by atoms with Gasteiger partial charge in [-0.3, -0.25) is 4.79 Å². The van der Waals surface area contributed by atoms with E-state index in [4.69, 9.17) is 0 Å². The molecule has 1 fully saturated rings. The van der Waals surface area contributed by atoms with E-state index in [2.05, 4.69) is 40.7 Å². The maximum Gasteiger partial charge on any atom is 0.152 e. The predicted octanol–water partition coefficient (Wildman–Crippen LogP) is 3.89. The molecular weight excluding hydrogens is 278 g/mol. The van der Waals surface area contributed by atoms with Crippen LogP contribution < -0.4 is 4.90 Å². The second-order valence-corrected chi connectivity index (χ2v) is 5.88. The van der Waals surface area contributed by atoms with Crippen LogP contribution in [-0.2, 0) is 0 Å². The molecule has 0 spiro atoms. The van der Waals surface area contributed by atoms with Crippen LogP contribution in [0, 0.1) is 5.92 Å². The van der Waals surface area contributed by atoms with E-state index < -0.39 is 0 Å². The van der Waals surface area contributed by atoms with Gasteiger partial charge in [0.05, 0.1) is 0 Å². The molecule has 0 radical (unpaired) electrons. The second kappa shape index (κ2) is 5.21. The number of hydrogen-bond donors (Lipinski definition) is 0. The minimum atomic E-state index is 0.558. The van der Waals surface area contributed by atoms with Crippen molar-refractivity contribution in [3.63, 3.8) is 0 Å². The Bertz CT molecular complexity index is 417. The first-order chi connectivity index (χ1) is 8.13. The van der Waals surface area contributed by atoms with Crippen molar-refractivity contribution >= 4 is 27.9 Å². The van der Waals surface area contributed by atoms with Gasteiger partial charge in [-0.15, -0.1) is 0 Å². The molecule has 1 aromatic carbocycles. The molecule has 2 nitrogen and oxygen atoms in total. The summed E-state index contributed by atoms with van der Waals surface area (Å²) in [5.41, 5.74) is 1.87. The number of anilines is 1. The summed E-state index contributed by atoms with van der Waals surface area (Å²) >= 11 is 3.49. The zero-order chi connectivity index (χ0) is 12.4. The molecule has 0 aromatic heterocycles. The van der Waals surface area contributed by atoms with Crippen LogP contribution in [0.15, 0.2) is 22.7 Å². The molecule has 1 unspecified atom stereocenters. The number of carbonyl (C=O) groups is 1. The van der Waals surface area contributed by atoms with Crippen molar-refractivity contribution in [2.45, 2.75) is 32.7 Å². The van der Waals surface area contributed by atoms with Gasteiger partial charge in [-0.2, -0.15) is 0 Å². The summed E-state index contributed by atoms with van der Waals surface area (Å²) in [5, 5.41) is 0. The van der Waals surface area contributed by atoms with Gasteiger partial charge in [0.25, 0.3) is 0 Å². The number of halogens is 1. The Morgan fingerprint density at radius 3 is 2.88 bits per heavy atom. The lowest BCUT2D eigenvalue weighted by molar-refractivity contribution is 0.112. The highest BCUT2D eigenvalue weighted by molar-refractivity contribution is 9.10. The molecule has 3 heteroatoms. The summed E-state index contributed by atoms with van der Waals surface area (Å²) in [6.07, 6.45) is 3.40. The number of hydrogen-bond acceptors (Lipinski definition) is 2. The molecule has 0 bridgehead atoms. The molecule has 0 saturated carbocycles. The fourth-order valence-electron chi connectivity index (χ4n) is 2.65. The summed E-state index contributed by atoms with van der Waals surface area (Å²) in [4.78, 5) is 13.5. The van der Waals surface area contributed by atoms with Crippen LogP contribution in [0.1, 0.15) is 37.0 Å². The normalized spacial score (nSPS) is 20.0. The van der Waals surface area contributed by atoms with E-state index in [9.17, 15) is 4.79 Å². The first-order valence-electron chi connectivity index (χ1n) is 6.15. The molecule has 1 heterocycles. The Balaban J connectivity index is 2.38. The molecule has 1 aromatic rings. The first-order valence-corrected chi connectivity index (χ1v) is 6.94. The van der Waals surface area contributed by atoms with Gasteiger partial charge in [-0.05, 0) is 37.0 Å². The smallest absolute Gasteiger partial charge is 0.152 e. The van der Waals surface area contributed by atoms with Gasteiger partial charge >= 0.3 is 0 Å². The topological polar surface area (TPSA) is 20.3 Å². The molecule has 17 heavy (non-hydrogen) atoms. The summed E-state index contributed by atoms with van der Waals surface area (Å²) in [7, 11) is 0. The standard InChI is InChI=1S/C14H18BrNO/c1-10(2)13-4-3-7-16(13)14-8-12(15)6-5-11(14)9-17/h5-6,8-10,13H,3-4,7H2,1-2H3. The minimum absolute atomic E-state index is 0.558. The highest BCUT2D eigenvalue weighted by Crippen LogP contribution is 2.33. The number of rotatable bonds is 3. The third-order valence-corrected chi connectivity index (χ3v) is 3.99. The molecule has 1 atom stereocenters. The SMILES string of the molecule is CC(C)C1CCCN1c1cc(Br)ccc1C=O. The fraction of sp³-hybridized carbons (Fsp3) is 0.500. The van der Waals surface area contributed by atoms with Crippen molar-refractivity contribution in [1.29, 1.82) is 0 Å². The van der Waals surface area contributed by atoms with E-state index in [1.165, 1.54) is 12.8 Å². The van der Waals surface area contributed by atoms with Crippen molar-refractivity contribution in [1.82, 2.24) is 0 Å². The zero-order valence-corrected chi connectivity index (χ0v) is 11.9. The molecule has 0 amide bonds. The molecule has 1 aliphatic rings. The number of benzene rings is 1. The van der Waals surface area contributed by atoms with Gasteiger partial charge in [0.1, 0.15) is 0 Å². The van der Waals surface area contributed by atoms with Crippen LogP contribution in [0.25, 0.3) is 0 Å². The fourth-order valence-corrected chi connectivity index (χ4v) is 3.00. The van der Waals surface area contributed by atoms with Crippen molar-refractivity contribution < 1.29 is 4.79 Å². The average Bonchev–Trinajstić information content (AvgIpc) is 2.77. The van der Waals surface area contributed by atoms with Gasteiger partial charge in [-0.25, -0.2) is 0 Å². The second-order valence-electron chi connectivity index (χ2n) is 4.97. The highest BCUT2D eigenvalue weighted by atomic mass is 79.9. The largest absolute Gasteiger partial charge is 0.368 e. The zero-order valence-electron chi connectivity index (χ0n) is 10.3. The molecule has 0 N–H and O–H groups in total. The van der Waals surface area contributed by atoms with Crippen molar-refractivity contribution in [3.05, 3.63) is 28.2 Å². The quantitative estimate of drug-likeness (QED) is 0.789. The Morgan fingerprint density at radius 2 is 2.24 bits per heavy atom. The summed E-state index contributed by atoms with van der Waals surface area (Å²) in [5.74, 6) is 0.621. The predicted molar refractivity (Wildman–Crippen MR) is 74.7 cm³/mol. The van der Waals surface area contributed by atoms with E-state index in [0.717, 1.165) is 28.6 Å². The van der Waals surface area contributed by atoms with Crippen LogP contribution >= 0.6 is 15.9 Å². The van der Waals surface area contributed by atoms with Crippen molar-refractivity contribution in [2.24, 2.45) is 5.92 Å². The van der Waals surface area contributed by atoms with Crippen LogP contribution in [-0.4, -0.2) is 18.9 Å². The lowest BCUT2D eigenvalue weighted by Gasteiger charge is -2.30. The third-order valence-electron chi connectivity index (χ3n) is 3.50. The summed E-state index contributed by atoms with van der Waals surface area (Å²) in [6, 6.07) is 6.43. The van der Waals surface area contributed by atoms with Gasteiger partial charge < -0.3 is 4.90 Å². The van der Waals surface area contributed by atoms with Crippen LogP contribution in [0.5, 0.6) is 0 Å². The Kier molecular flexibility index (Phi) is 3.87. The highest BCUT2D eigenvalue weighted by Gasteiger charge is 2.28. The lowest BCUT2D eigenvalue weighted by Crippen LogP contribution is -2.34. The van der Waals surface area contributed by atoms with E-state index in [1.807, 2.05) is 12.1 Å². The van der Waals surface area contributed by atoms with Crippen molar-refractivity contribution in [3.8, 4) is 0 Å². The molecule has 2 rings (SSSR count). The van der Waals surface area contributed by atoms with Crippen LogP contribution in [0.4, 0.5) is 5.69 Å². The maximum atomic E-state index is 11.1.